The summed E-state index contributed by atoms with van der Waals surface area (Å²) in [5.74, 6) is -1.08. The predicted molar refractivity (Wildman–Crippen MR) is 185 cm³/mol. The van der Waals surface area contributed by atoms with Gasteiger partial charge in [0.2, 0.25) is 11.8 Å². The number of fused-ring (bicyclic) bond motifs is 3. The van der Waals surface area contributed by atoms with E-state index in [1.165, 1.54) is 22.3 Å². The largest absolute Gasteiger partial charge is 0.494 e. The molecule has 3 aromatic carbocycles. The minimum absolute atomic E-state index is 0.0151. The van der Waals surface area contributed by atoms with Gasteiger partial charge in [0, 0.05) is 23.9 Å². The molecule has 0 bridgehead atoms. The summed E-state index contributed by atoms with van der Waals surface area (Å²) in [6.07, 6.45) is 1.26. The standard InChI is InChI=1S/C38H47BN2O6/c1-24(2)28(17-12-18-34(42)45-23-33-31-15-10-8-13-29(31)30-14-9-11-16-32(30)33)36(44)40-25(3)35(43)41-27-21-19-26(20-22-27)39-46-37(4,5)38(6,7)47-39/h8-11,13-16,19-22,24-25,28,33H,12,17-18,23H2,1-7H3,(H,40,44)(H,41,43). The SMILES string of the molecule is CC(NC(=O)C(CCCC(=O)OCC1c2ccccc2-c2ccccc21)C(C)C)C(=O)Nc1ccc(B2OC(C)(C)C(C)(C)O2)cc1. The zero-order valence-electron chi connectivity index (χ0n) is 28.6. The van der Waals surface area contributed by atoms with Gasteiger partial charge in [0.25, 0.3) is 0 Å². The first-order valence-electron chi connectivity index (χ1n) is 16.7. The van der Waals surface area contributed by atoms with Crippen LogP contribution in [0.3, 0.4) is 0 Å². The normalized spacial score (nSPS) is 17.5. The summed E-state index contributed by atoms with van der Waals surface area (Å²) in [7, 11) is -0.486. The van der Waals surface area contributed by atoms with Gasteiger partial charge >= 0.3 is 13.1 Å². The van der Waals surface area contributed by atoms with Crippen molar-refractivity contribution in [1.82, 2.24) is 5.32 Å². The van der Waals surface area contributed by atoms with Crippen molar-refractivity contribution in [1.29, 1.82) is 0 Å². The lowest BCUT2D eigenvalue weighted by molar-refractivity contribution is -0.144. The molecule has 1 saturated heterocycles. The molecule has 1 aliphatic carbocycles. The van der Waals surface area contributed by atoms with Crippen molar-refractivity contribution in [2.24, 2.45) is 11.8 Å². The van der Waals surface area contributed by atoms with Gasteiger partial charge in [-0.3, -0.25) is 14.4 Å². The van der Waals surface area contributed by atoms with Crippen molar-refractivity contribution in [3.05, 3.63) is 83.9 Å². The molecule has 0 spiro atoms. The summed E-state index contributed by atoms with van der Waals surface area (Å²) in [4.78, 5) is 38.9. The number of amides is 2. The average molecular weight is 639 g/mol. The minimum Gasteiger partial charge on any atom is -0.465 e. The number of benzene rings is 3. The number of rotatable bonds is 12. The van der Waals surface area contributed by atoms with Crippen LogP contribution >= 0.6 is 0 Å². The highest BCUT2D eigenvalue weighted by Gasteiger charge is 2.51. The average Bonchev–Trinajstić information content (AvgIpc) is 3.46. The molecule has 2 unspecified atom stereocenters. The van der Waals surface area contributed by atoms with Crippen LogP contribution in [-0.4, -0.2) is 48.8 Å². The van der Waals surface area contributed by atoms with E-state index in [1.807, 2.05) is 77.9 Å². The second kappa shape index (κ2) is 14.0. The van der Waals surface area contributed by atoms with Gasteiger partial charge < -0.3 is 24.7 Å². The summed E-state index contributed by atoms with van der Waals surface area (Å²) in [5, 5.41) is 5.74. The molecule has 3 aromatic rings. The van der Waals surface area contributed by atoms with Crippen LogP contribution in [0.25, 0.3) is 11.1 Å². The highest BCUT2D eigenvalue weighted by atomic mass is 16.7. The maximum absolute atomic E-state index is 13.2. The first-order valence-corrected chi connectivity index (χ1v) is 16.7. The van der Waals surface area contributed by atoms with E-state index in [4.69, 9.17) is 14.0 Å². The van der Waals surface area contributed by atoms with Gasteiger partial charge in [-0.25, -0.2) is 0 Å². The van der Waals surface area contributed by atoms with Crippen LogP contribution in [0, 0.1) is 11.8 Å². The number of esters is 1. The Hall–Kier alpha value is -3.95. The molecule has 2 N–H and O–H groups in total. The van der Waals surface area contributed by atoms with E-state index in [9.17, 15) is 14.4 Å². The van der Waals surface area contributed by atoms with Crippen LogP contribution in [0.4, 0.5) is 5.69 Å². The second-order valence-electron chi connectivity index (χ2n) is 14.1. The van der Waals surface area contributed by atoms with E-state index in [2.05, 4.69) is 34.9 Å². The zero-order chi connectivity index (χ0) is 33.9. The van der Waals surface area contributed by atoms with Crippen LogP contribution in [0.2, 0.25) is 0 Å². The Morgan fingerprint density at radius 1 is 0.809 bits per heavy atom. The first-order chi connectivity index (χ1) is 22.3. The molecular weight excluding hydrogens is 591 g/mol. The van der Waals surface area contributed by atoms with Crippen LogP contribution in [0.15, 0.2) is 72.8 Å². The second-order valence-corrected chi connectivity index (χ2v) is 14.1. The lowest BCUT2D eigenvalue weighted by Crippen LogP contribution is -2.45. The Labute approximate surface area is 279 Å². The molecule has 0 radical (unpaired) electrons. The molecule has 8 nitrogen and oxygen atoms in total. The van der Waals surface area contributed by atoms with Gasteiger partial charge in [0.05, 0.1) is 11.2 Å². The number of carbonyl (C=O) groups is 3. The third kappa shape index (κ3) is 7.63. The van der Waals surface area contributed by atoms with Crippen molar-refractivity contribution in [2.75, 3.05) is 11.9 Å². The molecule has 0 aromatic heterocycles. The highest BCUT2D eigenvalue weighted by Crippen LogP contribution is 2.44. The molecule has 5 rings (SSSR count). The number of hydrogen-bond donors (Lipinski definition) is 2. The lowest BCUT2D eigenvalue weighted by Gasteiger charge is -2.32. The summed E-state index contributed by atoms with van der Waals surface area (Å²) in [6, 6.07) is 23.1. The molecule has 2 aliphatic rings. The third-order valence-electron chi connectivity index (χ3n) is 9.87. The van der Waals surface area contributed by atoms with Crippen molar-refractivity contribution in [2.45, 2.75) is 90.9 Å². The van der Waals surface area contributed by atoms with Gasteiger partial charge in [0.15, 0.2) is 0 Å². The number of nitrogens with one attached hydrogen (secondary N) is 2. The zero-order valence-corrected chi connectivity index (χ0v) is 28.6. The summed E-state index contributed by atoms with van der Waals surface area (Å²) in [5.41, 5.74) is 5.32. The Morgan fingerprint density at radius 2 is 1.36 bits per heavy atom. The number of ether oxygens (including phenoxy) is 1. The topological polar surface area (TPSA) is 103 Å². The Balaban J connectivity index is 1.07. The lowest BCUT2D eigenvalue weighted by atomic mass is 9.79. The van der Waals surface area contributed by atoms with Crippen molar-refractivity contribution >= 4 is 36.1 Å². The van der Waals surface area contributed by atoms with Crippen molar-refractivity contribution < 1.29 is 28.4 Å². The molecule has 2 amide bonds. The maximum atomic E-state index is 13.2. The van der Waals surface area contributed by atoms with Crippen LogP contribution in [0.1, 0.15) is 84.8 Å². The predicted octanol–water partition coefficient (Wildman–Crippen LogP) is 6.23. The van der Waals surface area contributed by atoms with E-state index < -0.39 is 24.4 Å². The summed E-state index contributed by atoms with van der Waals surface area (Å²) in [6.45, 7) is 13.9. The highest BCUT2D eigenvalue weighted by molar-refractivity contribution is 6.62. The monoisotopic (exact) mass is 638 g/mol. The fourth-order valence-corrected chi connectivity index (χ4v) is 6.26. The van der Waals surface area contributed by atoms with Gasteiger partial charge in [0.1, 0.15) is 12.6 Å². The number of anilines is 1. The summed E-state index contributed by atoms with van der Waals surface area (Å²) >= 11 is 0. The third-order valence-corrected chi connectivity index (χ3v) is 9.87. The van der Waals surface area contributed by atoms with Gasteiger partial charge in [-0.05, 0) is 93.2 Å². The number of carbonyl (C=O) groups excluding carboxylic acids is 3. The van der Waals surface area contributed by atoms with Crippen LogP contribution in [-0.2, 0) is 28.4 Å². The quantitative estimate of drug-likeness (QED) is 0.180. The Bertz CT molecular complexity index is 1540. The molecule has 1 fully saturated rings. The Morgan fingerprint density at radius 3 is 1.91 bits per heavy atom. The molecule has 2 atom stereocenters. The number of hydrogen-bond acceptors (Lipinski definition) is 6. The van der Waals surface area contributed by atoms with Crippen LogP contribution < -0.4 is 16.1 Å². The van der Waals surface area contributed by atoms with E-state index in [1.54, 1.807) is 19.1 Å². The first kappa shape index (κ1) is 34.4. The van der Waals surface area contributed by atoms with E-state index in [-0.39, 0.29) is 48.6 Å². The van der Waals surface area contributed by atoms with Gasteiger partial charge in [-0.1, -0.05) is 74.5 Å². The molecular formula is C38H47BN2O6. The summed E-state index contributed by atoms with van der Waals surface area (Å²) < 4.78 is 18.0. The van der Waals surface area contributed by atoms with Crippen LogP contribution in [0.5, 0.6) is 0 Å². The molecule has 47 heavy (non-hydrogen) atoms. The van der Waals surface area contributed by atoms with E-state index >= 15 is 0 Å². The smallest absolute Gasteiger partial charge is 0.465 e. The van der Waals surface area contributed by atoms with Crippen molar-refractivity contribution in [3.63, 3.8) is 0 Å². The van der Waals surface area contributed by atoms with E-state index in [0.717, 1.165) is 5.46 Å². The Kier molecular flexibility index (Phi) is 10.3. The van der Waals surface area contributed by atoms with Gasteiger partial charge in [-0.15, -0.1) is 0 Å². The molecule has 248 valence electrons. The molecule has 1 heterocycles. The molecule has 0 saturated carbocycles. The van der Waals surface area contributed by atoms with E-state index in [0.29, 0.717) is 18.5 Å². The van der Waals surface area contributed by atoms with Gasteiger partial charge in [-0.2, -0.15) is 0 Å². The maximum Gasteiger partial charge on any atom is 0.494 e. The fourth-order valence-electron chi connectivity index (χ4n) is 6.26. The molecule has 9 heteroatoms. The molecule has 1 aliphatic heterocycles. The fraction of sp³-hybridized carbons (Fsp3) is 0.447. The minimum atomic E-state index is -0.742. The van der Waals surface area contributed by atoms with Crippen molar-refractivity contribution in [3.8, 4) is 11.1 Å².